The summed E-state index contributed by atoms with van der Waals surface area (Å²) in [6, 6.07) is 7.56. The Hall–Kier alpha value is -2.59. The van der Waals surface area contributed by atoms with E-state index in [2.05, 4.69) is 0 Å². The zero-order valence-corrected chi connectivity index (χ0v) is 18.8. The molecule has 1 fully saturated rings. The minimum atomic E-state index is -1.16. The molecular weight excluding hydrogens is 428 g/mol. The zero-order valence-electron chi connectivity index (χ0n) is 18.0. The minimum Gasteiger partial charge on any atom is -0.463 e. The van der Waals surface area contributed by atoms with E-state index in [1.165, 1.54) is 39.5 Å². The van der Waals surface area contributed by atoms with Crippen LogP contribution in [0.15, 0.2) is 29.2 Å². The first-order chi connectivity index (χ1) is 14.6. The Morgan fingerprint density at radius 1 is 0.806 bits per heavy atom. The number of carbonyl (C=O) groups excluding carboxylic acids is 4. The van der Waals surface area contributed by atoms with E-state index in [9.17, 15) is 19.2 Å². The van der Waals surface area contributed by atoms with Gasteiger partial charge in [0, 0.05) is 32.6 Å². The zero-order chi connectivity index (χ0) is 23.1. The number of hydrogen-bond donors (Lipinski definition) is 0. The molecule has 2 rings (SSSR count). The Balaban J connectivity index is 2.43. The van der Waals surface area contributed by atoms with Gasteiger partial charge in [0.15, 0.2) is 18.3 Å². The molecule has 0 aromatic heterocycles. The van der Waals surface area contributed by atoms with Crippen molar-refractivity contribution in [3.63, 3.8) is 0 Å². The predicted octanol–water partition coefficient (Wildman–Crippen LogP) is 2.17. The number of esters is 4. The lowest BCUT2D eigenvalue weighted by atomic mass is 9.99. The van der Waals surface area contributed by atoms with E-state index in [-0.39, 0.29) is 6.61 Å². The standard InChI is InChI=1S/C21H26O9S/c1-11-6-8-16(9-7-11)31-21-20(29-15(5)25)19(28-14(4)24)18(27-13(3)23)17(30-21)10-26-12(2)22/h6-9,17-21H,10H2,1-5H3/t17?,18-,19+,20?,21+/m1/s1. The van der Waals surface area contributed by atoms with Gasteiger partial charge < -0.3 is 23.7 Å². The first kappa shape index (κ1) is 24.7. The molecule has 1 aromatic carbocycles. The quantitative estimate of drug-likeness (QED) is 0.448. The number of aryl methyl sites for hydroxylation is 1. The lowest BCUT2D eigenvalue weighted by molar-refractivity contribution is -0.237. The molecule has 0 aliphatic carbocycles. The van der Waals surface area contributed by atoms with Gasteiger partial charge in [-0.2, -0.15) is 0 Å². The third kappa shape index (κ3) is 7.55. The normalized spacial score (nSPS) is 25.3. The largest absolute Gasteiger partial charge is 0.463 e. The van der Waals surface area contributed by atoms with Crippen molar-refractivity contribution in [1.82, 2.24) is 0 Å². The van der Waals surface area contributed by atoms with Gasteiger partial charge in [0.25, 0.3) is 0 Å². The van der Waals surface area contributed by atoms with Gasteiger partial charge >= 0.3 is 23.9 Å². The van der Waals surface area contributed by atoms with Crippen LogP contribution >= 0.6 is 11.8 Å². The number of rotatable bonds is 7. The van der Waals surface area contributed by atoms with Crippen molar-refractivity contribution in [1.29, 1.82) is 0 Å². The molecule has 0 saturated carbocycles. The van der Waals surface area contributed by atoms with Crippen molar-refractivity contribution in [2.24, 2.45) is 0 Å². The highest BCUT2D eigenvalue weighted by Gasteiger charge is 2.52. The van der Waals surface area contributed by atoms with E-state index in [4.69, 9.17) is 23.7 Å². The molecule has 5 atom stereocenters. The van der Waals surface area contributed by atoms with Gasteiger partial charge in [0.2, 0.25) is 0 Å². The van der Waals surface area contributed by atoms with Crippen LogP contribution in [0.4, 0.5) is 0 Å². The van der Waals surface area contributed by atoms with Crippen molar-refractivity contribution < 1.29 is 42.9 Å². The topological polar surface area (TPSA) is 114 Å². The number of benzene rings is 1. The highest BCUT2D eigenvalue weighted by molar-refractivity contribution is 7.99. The van der Waals surface area contributed by atoms with Crippen molar-refractivity contribution >= 4 is 35.6 Å². The van der Waals surface area contributed by atoms with Crippen molar-refractivity contribution in [2.75, 3.05) is 6.61 Å². The summed E-state index contributed by atoms with van der Waals surface area (Å²) in [7, 11) is 0. The van der Waals surface area contributed by atoms with Crippen LogP contribution in [0.2, 0.25) is 0 Å². The van der Waals surface area contributed by atoms with Gasteiger partial charge in [0.05, 0.1) is 0 Å². The number of thioether (sulfide) groups is 1. The Labute approximate surface area is 184 Å². The Morgan fingerprint density at radius 3 is 1.84 bits per heavy atom. The Bertz CT molecular complexity index is 808. The van der Waals surface area contributed by atoms with E-state index in [1.807, 2.05) is 31.2 Å². The summed E-state index contributed by atoms with van der Waals surface area (Å²) in [5.74, 6) is -2.50. The van der Waals surface area contributed by atoms with Crippen LogP contribution in [0.1, 0.15) is 33.3 Å². The second kappa shape index (κ2) is 11.1. The second-order valence-corrected chi connectivity index (χ2v) is 8.17. The molecule has 9 nitrogen and oxygen atoms in total. The molecule has 1 saturated heterocycles. The van der Waals surface area contributed by atoms with E-state index >= 15 is 0 Å². The number of ether oxygens (including phenoxy) is 5. The van der Waals surface area contributed by atoms with Crippen molar-refractivity contribution in [3.05, 3.63) is 29.8 Å². The van der Waals surface area contributed by atoms with Crippen molar-refractivity contribution in [3.8, 4) is 0 Å². The molecule has 0 bridgehead atoms. The molecule has 0 amide bonds. The first-order valence-electron chi connectivity index (χ1n) is 9.60. The van der Waals surface area contributed by atoms with E-state index in [0.717, 1.165) is 10.5 Å². The summed E-state index contributed by atoms with van der Waals surface area (Å²) < 4.78 is 27.3. The van der Waals surface area contributed by atoms with Crippen LogP contribution < -0.4 is 0 Å². The maximum atomic E-state index is 11.8. The van der Waals surface area contributed by atoms with Gasteiger partial charge in [-0.05, 0) is 19.1 Å². The maximum Gasteiger partial charge on any atom is 0.303 e. The third-order valence-electron chi connectivity index (χ3n) is 4.22. The van der Waals surface area contributed by atoms with Gasteiger partial charge in [-0.3, -0.25) is 19.2 Å². The number of carbonyl (C=O) groups is 4. The van der Waals surface area contributed by atoms with Crippen LogP contribution in [-0.4, -0.2) is 60.3 Å². The molecule has 10 heteroatoms. The fourth-order valence-electron chi connectivity index (χ4n) is 3.03. The van der Waals surface area contributed by atoms with Gasteiger partial charge in [-0.15, -0.1) is 0 Å². The molecule has 2 unspecified atom stereocenters. The summed E-state index contributed by atoms with van der Waals surface area (Å²) in [6.07, 6.45) is -4.35. The van der Waals surface area contributed by atoms with Gasteiger partial charge in [-0.1, -0.05) is 29.5 Å². The Kier molecular flexibility index (Phi) is 8.88. The molecule has 1 aromatic rings. The van der Waals surface area contributed by atoms with Crippen LogP contribution in [0.3, 0.4) is 0 Å². The fraction of sp³-hybridized carbons (Fsp3) is 0.524. The van der Waals surface area contributed by atoms with E-state index in [1.54, 1.807) is 0 Å². The predicted molar refractivity (Wildman–Crippen MR) is 109 cm³/mol. The smallest absolute Gasteiger partial charge is 0.303 e. The van der Waals surface area contributed by atoms with Crippen LogP contribution in [0.25, 0.3) is 0 Å². The summed E-state index contributed by atoms with van der Waals surface area (Å²) in [6.45, 7) is 6.51. The second-order valence-electron chi connectivity index (χ2n) is 7.00. The van der Waals surface area contributed by atoms with E-state index < -0.39 is 53.7 Å². The highest BCUT2D eigenvalue weighted by Crippen LogP contribution is 2.37. The van der Waals surface area contributed by atoms with Crippen LogP contribution in [0, 0.1) is 6.92 Å². The summed E-state index contributed by atoms with van der Waals surface area (Å²) in [5, 5.41) is 0. The van der Waals surface area contributed by atoms with Gasteiger partial charge in [-0.25, -0.2) is 0 Å². The molecule has 1 aliphatic rings. The highest BCUT2D eigenvalue weighted by atomic mass is 32.2. The summed E-state index contributed by atoms with van der Waals surface area (Å²) in [5.41, 5.74) is 0.231. The molecule has 170 valence electrons. The molecule has 31 heavy (non-hydrogen) atoms. The third-order valence-corrected chi connectivity index (χ3v) is 5.38. The molecule has 0 spiro atoms. The van der Waals surface area contributed by atoms with Crippen LogP contribution in [0.5, 0.6) is 0 Å². The first-order valence-corrected chi connectivity index (χ1v) is 10.5. The SMILES string of the molecule is CC(=O)OCC1O[C@@H](Sc2ccc(C)cc2)C(OC(C)=O)[C@@H](OC(C)=O)[C@@H]1OC(C)=O. The lowest BCUT2D eigenvalue weighted by Crippen LogP contribution is -2.61. The molecule has 1 aliphatic heterocycles. The van der Waals surface area contributed by atoms with Crippen molar-refractivity contribution in [2.45, 2.75) is 69.4 Å². The number of hydrogen-bond acceptors (Lipinski definition) is 10. The molecule has 0 N–H and O–H groups in total. The summed E-state index contributed by atoms with van der Waals surface area (Å²) in [4.78, 5) is 47.5. The van der Waals surface area contributed by atoms with Crippen LogP contribution in [-0.2, 0) is 42.9 Å². The van der Waals surface area contributed by atoms with Gasteiger partial charge in [0.1, 0.15) is 18.1 Å². The molecule has 0 radical (unpaired) electrons. The average Bonchev–Trinajstić information content (AvgIpc) is 2.65. The minimum absolute atomic E-state index is 0.247. The average molecular weight is 454 g/mol. The monoisotopic (exact) mass is 454 g/mol. The fourth-order valence-corrected chi connectivity index (χ4v) is 4.14. The summed E-state index contributed by atoms with van der Waals surface area (Å²) >= 11 is 1.24. The maximum absolute atomic E-state index is 11.8. The Morgan fingerprint density at radius 2 is 1.32 bits per heavy atom. The lowest BCUT2D eigenvalue weighted by Gasteiger charge is -2.44. The van der Waals surface area contributed by atoms with E-state index in [0.29, 0.717) is 0 Å². The molecular formula is C21H26O9S. The molecule has 1 heterocycles.